The maximum absolute atomic E-state index is 11.9. The molecule has 21 heavy (non-hydrogen) atoms. The van der Waals surface area contributed by atoms with E-state index in [0.29, 0.717) is 23.7 Å². The van der Waals surface area contributed by atoms with Crippen molar-refractivity contribution in [3.63, 3.8) is 0 Å². The summed E-state index contributed by atoms with van der Waals surface area (Å²) in [5.41, 5.74) is 2.91. The molecule has 2 aromatic rings. The van der Waals surface area contributed by atoms with E-state index in [0.717, 1.165) is 11.3 Å². The second-order valence-electron chi connectivity index (χ2n) is 4.81. The van der Waals surface area contributed by atoms with Gasteiger partial charge in [-0.15, -0.1) is 0 Å². The molecule has 0 atom stereocenters. The topological polar surface area (TPSA) is 38.3 Å². The lowest BCUT2D eigenvalue weighted by atomic mass is 10.1. The van der Waals surface area contributed by atoms with Crippen molar-refractivity contribution in [3.8, 4) is 5.75 Å². The quantitative estimate of drug-likeness (QED) is 0.854. The molecule has 0 bridgehead atoms. The zero-order chi connectivity index (χ0) is 15.2. The summed E-state index contributed by atoms with van der Waals surface area (Å²) >= 11 is 5.79. The number of carbonyl (C=O) groups is 1. The Labute approximate surface area is 129 Å². The normalized spacial score (nSPS) is 10.2. The molecule has 0 aromatic heterocycles. The van der Waals surface area contributed by atoms with Crippen LogP contribution in [0.15, 0.2) is 42.5 Å². The van der Waals surface area contributed by atoms with Crippen LogP contribution in [0.5, 0.6) is 5.75 Å². The molecule has 0 unspecified atom stereocenters. The summed E-state index contributed by atoms with van der Waals surface area (Å²) in [6.45, 7) is 4.96. The van der Waals surface area contributed by atoms with Gasteiger partial charge in [0.25, 0.3) is 5.91 Å². The van der Waals surface area contributed by atoms with Gasteiger partial charge >= 0.3 is 0 Å². The fraction of sp³-hybridized carbons (Fsp3) is 0.235. The molecule has 0 spiro atoms. The molecule has 1 N–H and O–H groups in total. The minimum Gasteiger partial charge on any atom is -0.491 e. The lowest BCUT2D eigenvalue weighted by Gasteiger charge is -2.11. The fourth-order valence-corrected chi connectivity index (χ4v) is 2.04. The van der Waals surface area contributed by atoms with E-state index in [2.05, 4.69) is 5.32 Å². The monoisotopic (exact) mass is 303 g/mol. The third kappa shape index (κ3) is 4.23. The van der Waals surface area contributed by atoms with E-state index < -0.39 is 0 Å². The smallest absolute Gasteiger partial charge is 0.251 e. The highest BCUT2D eigenvalue weighted by Gasteiger charge is 2.05. The molecule has 0 fully saturated rings. The highest BCUT2D eigenvalue weighted by molar-refractivity contribution is 6.30. The van der Waals surface area contributed by atoms with Crippen molar-refractivity contribution < 1.29 is 9.53 Å². The zero-order valence-corrected chi connectivity index (χ0v) is 12.9. The Morgan fingerprint density at radius 3 is 2.57 bits per heavy atom. The van der Waals surface area contributed by atoms with E-state index in [1.165, 1.54) is 5.56 Å². The van der Waals surface area contributed by atoms with Gasteiger partial charge in [-0.1, -0.05) is 23.7 Å². The fourth-order valence-electron chi connectivity index (χ4n) is 1.91. The molecule has 2 aromatic carbocycles. The van der Waals surface area contributed by atoms with Crippen LogP contribution in [-0.4, -0.2) is 19.1 Å². The molecule has 0 saturated carbocycles. The first-order valence-electron chi connectivity index (χ1n) is 6.80. The summed E-state index contributed by atoms with van der Waals surface area (Å²) in [5.74, 6) is 0.729. The number of benzene rings is 2. The van der Waals surface area contributed by atoms with Crippen LogP contribution in [0.1, 0.15) is 21.5 Å². The highest BCUT2D eigenvalue weighted by Crippen LogP contribution is 2.20. The summed E-state index contributed by atoms with van der Waals surface area (Å²) in [6.07, 6.45) is 0. The molecule has 0 aliphatic rings. The molecular formula is C17H18ClNO2. The highest BCUT2D eigenvalue weighted by atomic mass is 35.5. The molecule has 3 nitrogen and oxygen atoms in total. The Morgan fingerprint density at radius 1 is 1.14 bits per heavy atom. The molecule has 0 saturated heterocycles. The van der Waals surface area contributed by atoms with Crippen molar-refractivity contribution in [1.82, 2.24) is 5.32 Å². The van der Waals surface area contributed by atoms with Gasteiger partial charge in [-0.25, -0.2) is 0 Å². The summed E-state index contributed by atoms with van der Waals surface area (Å²) < 4.78 is 5.69. The number of halogens is 1. The Hall–Kier alpha value is -2.00. The Kier molecular flexibility index (Phi) is 5.23. The summed E-state index contributed by atoms with van der Waals surface area (Å²) in [6, 6.07) is 12.7. The van der Waals surface area contributed by atoms with E-state index >= 15 is 0 Å². The Bertz CT molecular complexity index is 623. The number of carbonyl (C=O) groups excluding carboxylic acids is 1. The molecule has 0 aliphatic carbocycles. The van der Waals surface area contributed by atoms with E-state index in [1.54, 1.807) is 24.3 Å². The third-order valence-electron chi connectivity index (χ3n) is 3.31. The van der Waals surface area contributed by atoms with E-state index in [-0.39, 0.29) is 5.91 Å². The maximum atomic E-state index is 11.9. The van der Waals surface area contributed by atoms with Crippen molar-refractivity contribution in [3.05, 3.63) is 64.2 Å². The molecule has 4 heteroatoms. The SMILES string of the molecule is Cc1cccc(OCCNC(=O)c2ccc(Cl)cc2)c1C. The summed E-state index contributed by atoms with van der Waals surface area (Å²) in [4.78, 5) is 11.9. The minimum absolute atomic E-state index is 0.128. The van der Waals surface area contributed by atoms with E-state index in [9.17, 15) is 4.79 Å². The van der Waals surface area contributed by atoms with Gasteiger partial charge in [0.05, 0.1) is 6.54 Å². The third-order valence-corrected chi connectivity index (χ3v) is 3.56. The van der Waals surface area contributed by atoms with Crippen molar-refractivity contribution in [2.24, 2.45) is 0 Å². The van der Waals surface area contributed by atoms with Crippen LogP contribution in [0, 0.1) is 13.8 Å². The van der Waals surface area contributed by atoms with Crippen LogP contribution in [0.25, 0.3) is 0 Å². The van der Waals surface area contributed by atoms with Gasteiger partial charge in [-0.3, -0.25) is 4.79 Å². The molecule has 110 valence electrons. The largest absolute Gasteiger partial charge is 0.491 e. The minimum atomic E-state index is -0.128. The van der Waals surface area contributed by atoms with Gasteiger partial charge in [-0.05, 0) is 55.3 Å². The maximum Gasteiger partial charge on any atom is 0.251 e. The van der Waals surface area contributed by atoms with Crippen LogP contribution >= 0.6 is 11.6 Å². The number of rotatable bonds is 5. The molecule has 1 amide bonds. The van der Waals surface area contributed by atoms with Gasteiger partial charge in [0, 0.05) is 10.6 Å². The van der Waals surface area contributed by atoms with Crippen LogP contribution in [0.2, 0.25) is 5.02 Å². The predicted molar refractivity (Wildman–Crippen MR) is 85.2 cm³/mol. The average Bonchev–Trinajstić information content (AvgIpc) is 2.48. The van der Waals surface area contributed by atoms with Crippen LogP contribution in [-0.2, 0) is 0 Å². The Balaban J connectivity index is 1.80. The number of hydrogen-bond donors (Lipinski definition) is 1. The molecular weight excluding hydrogens is 286 g/mol. The number of ether oxygens (including phenoxy) is 1. The number of hydrogen-bond acceptors (Lipinski definition) is 2. The lowest BCUT2D eigenvalue weighted by molar-refractivity contribution is 0.0947. The van der Waals surface area contributed by atoms with Crippen molar-refractivity contribution in [1.29, 1.82) is 0 Å². The van der Waals surface area contributed by atoms with E-state index in [4.69, 9.17) is 16.3 Å². The number of aryl methyl sites for hydroxylation is 1. The van der Waals surface area contributed by atoms with Gasteiger partial charge in [0.1, 0.15) is 12.4 Å². The summed E-state index contributed by atoms with van der Waals surface area (Å²) in [5, 5.41) is 3.43. The van der Waals surface area contributed by atoms with Gasteiger partial charge in [0.15, 0.2) is 0 Å². The van der Waals surface area contributed by atoms with Crippen molar-refractivity contribution in [2.45, 2.75) is 13.8 Å². The van der Waals surface area contributed by atoms with Crippen molar-refractivity contribution >= 4 is 17.5 Å². The standard InChI is InChI=1S/C17H18ClNO2/c1-12-4-3-5-16(13(12)2)21-11-10-19-17(20)14-6-8-15(18)9-7-14/h3-9H,10-11H2,1-2H3,(H,19,20). The van der Waals surface area contributed by atoms with E-state index in [1.807, 2.05) is 32.0 Å². The summed E-state index contributed by atoms with van der Waals surface area (Å²) in [7, 11) is 0. The first kappa shape index (κ1) is 15.4. The average molecular weight is 304 g/mol. The predicted octanol–water partition coefficient (Wildman–Crippen LogP) is 3.77. The second kappa shape index (κ2) is 7.14. The van der Waals surface area contributed by atoms with Gasteiger partial charge < -0.3 is 10.1 Å². The van der Waals surface area contributed by atoms with Gasteiger partial charge in [0.2, 0.25) is 0 Å². The molecule has 0 aliphatic heterocycles. The molecule has 0 heterocycles. The number of amides is 1. The van der Waals surface area contributed by atoms with Crippen LogP contribution in [0.4, 0.5) is 0 Å². The first-order chi connectivity index (χ1) is 10.1. The molecule has 0 radical (unpaired) electrons. The molecule has 2 rings (SSSR count). The van der Waals surface area contributed by atoms with Crippen molar-refractivity contribution in [2.75, 3.05) is 13.2 Å². The zero-order valence-electron chi connectivity index (χ0n) is 12.2. The lowest BCUT2D eigenvalue weighted by Crippen LogP contribution is -2.28. The van der Waals surface area contributed by atoms with Gasteiger partial charge in [-0.2, -0.15) is 0 Å². The Morgan fingerprint density at radius 2 is 1.86 bits per heavy atom. The van der Waals surface area contributed by atoms with Crippen LogP contribution in [0.3, 0.4) is 0 Å². The second-order valence-corrected chi connectivity index (χ2v) is 5.25. The number of nitrogens with one attached hydrogen (secondary N) is 1. The first-order valence-corrected chi connectivity index (χ1v) is 7.18. The van der Waals surface area contributed by atoms with Crippen LogP contribution < -0.4 is 10.1 Å².